The van der Waals surface area contributed by atoms with Crippen molar-refractivity contribution >= 4 is 11.9 Å². The Morgan fingerprint density at radius 2 is 2.00 bits per heavy atom. The van der Waals surface area contributed by atoms with Crippen LogP contribution in [-0.2, 0) is 4.74 Å². The van der Waals surface area contributed by atoms with E-state index in [-0.39, 0.29) is 0 Å². The smallest absolute Gasteiger partial charge is 0.248 e. The summed E-state index contributed by atoms with van der Waals surface area (Å²) in [7, 11) is 0. The highest BCUT2D eigenvalue weighted by atomic mass is 16.5. The molecular weight excluding hydrogens is 354 g/mol. The lowest BCUT2D eigenvalue weighted by Crippen LogP contribution is -2.47. The van der Waals surface area contributed by atoms with E-state index in [0.29, 0.717) is 6.04 Å². The van der Waals surface area contributed by atoms with E-state index < -0.39 is 0 Å². The fourth-order valence-corrected chi connectivity index (χ4v) is 4.11. The summed E-state index contributed by atoms with van der Waals surface area (Å²) in [6, 6.07) is 0.336. The van der Waals surface area contributed by atoms with Crippen molar-refractivity contribution in [3.05, 3.63) is 36.6 Å². The van der Waals surface area contributed by atoms with E-state index in [1.165, 1.54) is 11.3 Å². The molecule has 1 atom stereocenters. The van der Waals surface area contributed by atoms with Crippen molar-refractivity contribution < 1.29 is 4.74 Å². The minimum absolute atomic E-state index is 0.336. The third-order valence-electron chi connectivity index (χ3n) is 5.60. The normalized spacial score (nSPS) is 24.3. The van der Waals surface area contributed by atoms with Crippen LogP contribution < -0.4 is 10.7 Å². The molecule has 0 aromatic carbocycles. The first-order valence-corrected chi connectivity index (χ1v) is 10.2. The number of rotatable bonds is 8. The van der Waals surface area contributed by atoms with Crippen LogP contribution in [0, 0.1) is 0 Å². The topological polar surface area (TPSA) is 67.7 Å². The first-order valence-electron chi connectivity index (χ1n) is 10.2. The molecule has 0 aromatic rings. The van der Waals surface area contributed by atoms with Gasteiger partial charge in [-0.25, -0.2) is 10.0 Å². The number of guanidine groups is 2. The average Bonchev–Trinajstić information content (AvgIpc) is 3.30. The van der Waals surface area contributed by atoms with E-state index in [0.717, 1.165) is 83.8 Å². The van der Waals surface area contributed by atoms with Crippen LogP contribution in [0.1, 0.15) is 12.8 Å². The second kappa shape index (κ2) is 8.89. The van der Waals surface area contributed by atoms with Crippen LogP contribution in [0.3, 0.4) is 0 Å². The van der Waals surface area contributed by atoms with Gasteiger partial charge in [0.15, 0.2) is 0 Å². The van der Waals surface area contributed by atoms with Gasteiger partial charge in [0.2, 0.25) is 11.9 Å². The number of aliphatic imine (C=N–C) groups is 2. The van der Waals surface area contributed by atoms with Crippen LogP contribution in [0.5, 0.6) is 0 Å². The first-order chi connectivity index (χ1) is 13.8. The van der Waals surface area contributed by atoms with Crippen molar-refractivity contribution in [2.45, 2.75) is 18.9 Å². The Morgan fingerprint density at radius 1 is 1.21 bits per heavy atom. The van der Waals surface area contributed by atoms with Crippen molar-refractivity contribution in [1.29, 1.82) is 0 Å². The van der Waals surface area contributed by atoms with E-state index in [9.17, 15) is 0 Å². The summed E-state index contributed by atoms with van der Waals surface area (Å²) < 4.78 is 5.42. The molecule has 0 radical (unpaired) electrons. The SMILES string of the molecule is C=CCN(CC=C)C1=NC2=NC3=C(CCC3NCCN3CCOCC3)CN2N1. The van der Waals surface area contributed by atoms with Gasteiger partial charge in [0.1, 0.15) is 0 Å². The maximum Gasteiger partial charge on any atom is 0.248 e. The van der Waals surface area contributed by atoms with Gasteiger partial charge in [0, 0.05) is 39.3 Å². The highest BCUT2D eigenvalue weighted by Gasteiger charge is 2.35. The van der Waals surface area contributed by atoms with E-state index in [4.69, 9.17) is 14.7 Å². The molecule has 1 fully saturated rings. The summed E-state index contributed by atoms with van der Waals surface area (Å²) in [5, 5.41) is 5.76. The Morgan fingerprint density at radius 3 is 2.75 bits per heavy atom. The van der Waals surface area contributed by atoms with Crippen molar-refractivity contribution in [2.75, 3.05) is 59.0 Å². The molecule has 3 aliphatic heterocycles. The molecule has 3 heterocycles. The summed E-state index contributed by atoms with van der Waals surface area (Å²) >= 11 is 0. The Kier molecular flexibility index (Phi) is 6.09. The maximum absolute atomic E-state index is 5.42. The third kappa shape index (κ3) is 4.14. The Hall–Kier alpha value is -2.16. The average molecular weight is 386 g/mol. The van der Waals surface area contributed by atoms with Crippen LogP contribution in [0.4, 0.5) is 0 Å². The van der Waals surface area contributed by atoms with Gasteiger partial charge in [-0.15, -0.1) is 13.2 Å². The summed E-state index contributed by atoms with van der Waals surface area (Å²) in [4.78, 5) is 14.2. The molecular formula is C20H31N7O. The summed E-state index contributed by atoms with van der Waals surface area (Å²) in [6.07, 6.45) is 5.96. The van der Waals surface area contributed by atoms with Gasteiger partial charge < -0.3 is 15.0 Å². The van der Waals surface area contributed by atoms with Gasteiger partial charge in [-0.05, 0) is 18.4 Å². The number of ether oxygens (including phenoxy) is 1. The Balaban J connectivity index is 1.37. The number of hydrogen-bond acceptors (Lipinski definition) is 8. The lowest BCUT2D eigenvalue weighted by Gasteiger charge is -2.28. The molecule has 1 saturated heterocycles. The molecule has 0 saturated carbocycles. The largest absolute Gasteiger partial charge is 0.379 e. The molecule has 0 aromatic heterocycles. The summed E-state index contributed by atoms with van der Waals surface area (Å²) in [5.41, 5.74) is 5.99. The van der Waals surface area contributed by atoms with Gasteiger partial charge in [0.05, 0.1) is 31.5 Å². The third-order valence-corrected chi connectivity index (χ3v) is 5.60. The molecule has 0 spiro atoms. The molecule has 4 rings (SSSR count). The lowest BCUT2D eigenvalue weighted by atomic mass is 10.2. The zero-order chi connectivity index (χ0) is 19.3. The monoisotopic (exact) mass is 385 g/mol. The number of morpholine rings is 1. The van der Waals surface area contributed by atoms with Gasteiger partial charge in [-0.2, -0.15) is 4.99 Å². The minimum atomic E-state index is 0.336. The van der Waals surface area contributed by atoms with Gasteiger partial charge in [-0.1, -0.05) is 12.2 Å². The van der Waals surface area contributed by atoms with Crippen LogP contribution >= 0.6 is 0 Å². The van der Waals surface area contributed by atoms with E-state index in [1.807, 2.05) is 17.2 Å². The lowest BCUT2D eigenvalue weighted by molar-refractivity contribution is 0.0382. The van der Waals surface area contributed by atoms with Crippen LogP contribution in [0.15, 0.2) is 46.6 Å². The zero-order valence-electron chi connectivity index (χ0n) is 16.6. The molecule has 0 bridgehead atoms. The first kappa shape index (κ1) is 19.2. The molecule has 8 nitrogen and oxygen atoms in total. The van der Waals surface area contributed by atoms with Gasteiger partial charge >= 0.3 is 0 Å². The van der Waals surface area contributed by atoms with Crippen LogP contribution in [0.25, 0.3) is 0 Å². The zero-order valence-corrected chi connectivity index (χ0v) is 16.6. The molecule has 1 aliphatic carbocycles. The number of nitrogens with zero attached hydrogens (tertiary/aromatic N) is 5. The highest BCUT2D eigenvalue weighted by Crippen LogP contribution is 2.32. The van der Waals surface area contributed by atoms with Crippen LogP contribution in [-0.4, -0.2) is 91.8 Å². The molecule has 4 aliphatic rings. The number of hydrazine groups is 1. The summed E-state index contributed by atoms with van der Waals surface area (Å²) in [6.45, 7) is 15.8. The highest BCUT2D eigenvalue weighted by molar-refractivity contribution is 6.01. The Bertz CT molecular complexity index is 683. The molecule has 1 unspecified atom stereocenters. The second-order valence-corrected chi connectivity index (χ2v) is 7.52. The molecule has 2 N–H and O–H groups in total. The summed E-state index contributed by atoms with van der Waals surface area (Å²) in [5.74, 6) is 1.57. The van der Waals surface area contributed by atoms with Crippen LogP contribution in [0.2, 0.25) is 0 Å². The van der Waals surface area contributed by atoms with Crippen molar-refractivity contribution in [2.24, 2.45) is 9.98 Å². The molecule has 8 heteroatoms. The van der Waals surface area contributed by atoms with E-state index in [1.54, 1.807) is 0 Å². The quantitative estimate of drug-likeness (QED) is 0.595. The minimum Gasteiger partial charge on any atom is -0.379 e. The van der Waals surface area contributed by atoms with Crippen molar-refractivity contribution in [3.8, 4) is 0 Å². The van der Waals surface area contributed by atoms with Gasteiger partial charge in [0.25, 0.3) is 0 Å². The fraction of sp³-hybridized carbons (Fsp3) is 0.600. The standard InChI is InChI=1S/C20H31N7O/c1-3-8-26(9-4-2)20-23-19-22-18-16(15-27(19)24-20)5-6-17(18)21-7-10-25-11-13-28-14-12-25/h3-4,17,21H,1-2,5-15H2,(H,22,23,24). The van der Waals surface area contributed by atoms with Crippen molar-refractivity contribution in [1.82, 2.24) is 25.6 Å². The number of fused-ring (bicyclic) bond motifs is 1. The van der Waals surface area contributed by atoms with Gasteiger partial charge in [-0.3, -0.25) is 10.3 Å². The second-order valence-electron chi connectivity index (χ2n) is 7.52. The number of nitrogens with one attached hydrogen (secondary N) is 2. The fourth-order valence-electron chi connectivity index (χ4n) is 4.11. The number of hydrogen-bond donors (Lipinski definition) is 2. The molecule has 152 valence electrons. The predicted octanol–water partition coefficient (Wildman–Crippen LogP) is 0.545. The maximum atomic E-state index is 5.42. The molecule has 28 heavy (non-hydrogen) atoms. The predicted molar refractivity (Wildman–Crippen MR) is 112 cm³/mol. The molecule has 0 amide bonds. The van der Waals surface area contributed by atoms with E-state index >= 15 is 0 Å². The van der Waals surface area contributed by atoms with E-state index in [2.05, 4.69) is 33.7 Å². The Labute approximate surface area is 167 Å². The van der Waals surface area contributed by atoms with Crippen molar-refractivity contribution in [3.63, 3.8) is 0 Å².